The third-order valence-corrected chi connectivity index (χ3v) is 6.52. The smallest absolute Gasteiger partial charge is 1.00 e. The molecule has 2 aromatic carbocycles. The van der Waals surface area contributed by atoms with Gasteiger partial charge in [0.25, 0.3) is 26.1 Å². The Labute approximate surface area is 246 Å². The van der Waals surface area contributed by atoms with Gasteiger partial charge in [-0.25, -0.2) is 0 Å². The molecule has 33 heavy (non-hydrogen) atoms. The van der Waals surface area contributed by atoms with Crippen LogP contribution in [0.2, 0.25) is 10.0 Å². The number of benzene rings is 2. The molecule has 1 amide bonds. The molecule has 2 aromatic rings. The van der Waals surface area contributed by atoms with Gasteiger partial charge in [-0.1, -0.05) is 23.2 Å². The molecule has 17 heteroatoms. The van der Waals surface area contributed by atoms with Crippen molar-refractivity contribution in [2.45, 2.75) is 22.8 Å². The number of anilines is 1. The van der Waals surface area contributed by atoms with E-state index in [2.05, 4.69) is 15.3 Å². The van der Waals surface area contributed by atoms with Crippen LogP contribution in [-0.4, -0.2) is 43.6 Å². The van der Waals surface area contributed by atoms with E-state index in [1.807, 2.05) is 0 Å². The van der Waals surface area contributed by atoms with E-state index in [0.29, 0.717) is 0 Å². The summed E-state index contributed by atoms with van der Waals surface area (Å²) in [5.74, 6) is -0.659. The molecular formula is C16H14Cl2N4Na2O7S2. The number of rotatable bonds is 5. The molecular weight excluding hydrogens is 541 g/mol. The van der Waals surface area contributed by atoms with Crippen molar-refractivity contribution in [3.05, 3.63) is 46.4 Å². The maximum Gasteiger partial charge on any atom is 1.00 e. The van der Waals surface area contributed by atoms with Crippen LogP contribution in [0, 0.1) is 0 Å². The first kappa shape index (κ1) is 30.6. The van der Waals surface area contributed by atoms with Gasteiger partial charge in [0.2, 0.25) is 0 Å². The van der Waals surface area contributed by atoms with Gasteiger partial charge in [-0.15, -0.1) is 0 Å². The van der Waals surface area contributed by atoms with Crippen molar-refractivity contribution < 1.29 is 92.7 Å². The van der Waals surface area contributed by atoms with Gasteiger partial charge in [0.1, 0.15) is 4.90 Å². The number of azo groups is 1. The van der Waals surface area contributed by atoms with Crippen molar-refractivity contribution in [3.63, 3.8) is 0 Å². The quantitative estimate of drug-likeness (QED) is 0.236. The summed E-state index contributed by atoms with van der Waals surface area (Å²) in [7, 11) is -8.98. The van der Waals surface area contributed by atoms with Gasteiger partial charge in [-0.3, -0.25) is 13.9 Å². The van der Waals surface area contributed by atoms with Gasteiger partial charge in [0, 0.05) is 0 Å². The molecule has 0 bridgehead atoms. The Balaban J connectivity index is 0. The molecule has 0 spiro atoms. The van der Waals surface area contributed by atoms with Crippen LogP contribution >= 0.6 is 23.2 Å². The average Bonchev–Trinajstić information content (AvgIpc) is 2.94. The average molecular weight is 555 g/mol. The Morgan fingerprint density at radius 2 is 1.58 bits per heavy atom. The summed E-state index contributed by atoms with van der Waals surface area (Å²) in [5.41, 5.74) is 0.429. The van der Waals surface area contributed by atoms with E-state index < -0.39 is 37.1 Å². The van der Waals surface area contributed by atoms with Crippen LogP contribution in [0.25, 0.3) is 0 Å². The molecule has 11 nitrogen and oxygen atoms in total. The summed E-state index contributed by atoms with van der Waals surface area (Å²) in [5, 5.41) is 12.1. The third-order valence-electron chi connectivity index (χ3n) is 4.03. The molecule has 3 rings (SSSR count). The zero-order valence-electron chi connectivity index (χ0n) is 19.3. The SMILES string of the molecule is CC1=NN(c2cc(Cl)c(S(=O)(=O)O)cc2Cl)C(=O)C1N=Nc1ccc(S(=O)(=O)O)cc1.[H-].[H-].[Na+].[Na+]. The zero-order chi connectivity index (χ0) is 23.1. The van der Waals surface area contributed by atoms with Crippen molar-refractivity contribution in [3.8, 4) is 0 Å². The molecule has 1 aliphatic heterocycles. The molecule has 1 atom stereocenters. The summed E-state index contributed by atoms with van der Waals surface area (Å²) < 4.78 is 62.9. The van der Waals surface area contributed by atoms with Crippen molar-refractivity contribution in [1.29, 1.82) is 0 Å². The molecule has 0 aliphatic carbocycles. The van der Waals surface area contributed by atoms with Crippen molar-refractivity contribution in [2.75, 3.05) is 5.01 Å². The minimum Gasteiger partial charge on any atom is -1.00 e. The minimum absolute atomic E-state index is 0. The summed E-state index contributed by atoms with van der Waals surface area (Å²) in [4.78, 5) is 11.8. The molecule has 2 N–H and O–H groups in total. The number of amides is 1. The van der Waals surface area contributed by atoms with Crippen molar-refractivity contribution >= 4 is 66.4 Å². The maximum absolute atomic E-state index is 12.7. The number of hydrogen-bond acceptors (Lipinski definition) is 8. The summed E-state index contributed by atoms with van der Waals surface area (Å²) in [6.07, 6.45) is 0. The summed E-state index contributed by atoms with van der Waals surface area (Å²) >= 11 is 11.9. The Hall–Kier alpha value is -0.420. The molecule has 1 heterocycles. The van der Waals surface area contributed by atoms with Crippen molar-refractivity contribution in [2.24, 2.45) is 15.3 Å². The number of carbonyl (C=O) groups excluding carboxylic acids is 1. The molecule has 1 aliphatic rings. The Morgan fingerprint density at radius 3 is 2.09 bits per heavy atom. The first-order valence-corrected chi connectivity index (χ1v) is 11.8. The van der Waals surface area contributed by atoms with Crippen LogP contribution in [-0.2, 0) is 25.0 Å². The monoisotopic (exact) mass is 554 g/mol. The second-order valence-electron chi connectivity index (χ2n) is 6.19. The predicted octanol–water partition coefficient (Wildman–Crippen LogP) is -2.41. The zero-order valence-corrected chi connectivity index (χ0v) is 24.5. The van der Waals surface area contributed by atoms with E-state index in [4.69, 9.17) is 27.8 Å². The minimum atomic E-state index is -4.63. The molecule has 168 valence electrons. The fourth-order valence-electron chi connectivity index (χ4n) is 2.55. The van der Waals surface area contributed by atoms with E-state index in [1.165, 1.54) is 19.1 Å². The van der Waals surface area contributed by atoms with Crippen LogP contribution in [0.4, 0.5) is 11.4 Å². The van der Waals surface area contributed by atoms with Crippen LogP contribution in [0.3, 0.4) is 0 Å². The fraction of sp³-hybridized carbons (Fsp3) is 0.125. The number of halogens is 2. The van der Waals surface area contributed by atoms with E-state index in [1.54, 1.807) is 0 Å². The van der Waals surface area contributed by atoms with Crippen LogP contribution in [0.15, 0.2) is 61.5 Å². The van der Waals surface area contributed by atoms with Gasteiger partial charge in [-0.2, -0.15) is 37.2 Å². The molecule has 1 unspecified atom stereocenters. The Morgan fingerprint density at radius 1 is 1.00 bits per heavy atom. The van der Waals surface area contributed by atoms with E-state index in [-0.39, 0.29) is 94.0 Å². The molecule has 0 radical (unpaired) electrons. The Kier molecular flexibility index (Phi) is 10.7. The van der Waals surface area contributed by atoms with Gasteiger partial charge >= 0.3 is 59.1 Å². The van der Waals surface area contributed by atoms with Gasteiger partial charge in [0.05, 0.1) is 32.0 Å². The molecule has 0 saturated carbocycles. The largest absolute Gasteiger partial charge is 1.00 e. The van der Waals surface area contributed by atoms with Gasteiger partial charge < -0.3 is 2.85 Å². The second kappa shape index (κ2) is 11.5. The van der Waals surface area contributed by atoms with E-state index in [9.17, 15) is 26.2 Å². The number of nitrogens with zero attached hydrogens (tertiary/aromatic N) is 4. The first-order chi connectivity index (χ1) is 14.3. The van der Waals surface area contributed by atoms with Gasteiger partial charge in [0.15, 0.2) is 6.04 Å². The standard InChI is InChI=1S/C16H12Cl2N4O7S2.2Na.2H/c1-8-15(20-19-9-2-4-10(5-3-9)30(24,25)26)16(23)22(21-8)13-6-12(18)14(7-11(13)17)31(27,28)29;;;;/h2-7,15H,1H3,(H,24,25,26)(H,27,28,29);;;;/q;2*+1;2*-1. The molecule has 0 fully saturated rings. The normalized spacial score (nSPS) is 16.4. The third kappa shape index (κ3) is 7.06. The first-order valence-electron chi connectivity index (χ1n) is 8.13. The summed E-state index contributed by atoms with van der Waals surface area (Å²) in [6.45, 7) is 1.51. The van der Waals surface area contributed by atoms with Crippen LogP contribution in [0.1, 0.15) is 9.78 Å². The van der Waals surface area contributed by atoms with Crippen LogP contribution < -0.4 is 64.1 Å². The second-order valence-corrected chi connectivity index (χ2v) is 9.81. The van der Waals surface area contributed by atoms with E-state index in [0.717, 1.165) is 29.3 Å². The maximum atomic E-state index is 12.7. The number of carbonyl (C=O) groups is 1. The molecule has 0 aromatic heterocycles. The topological polar surface area (TPSA) is 166 Å². The molecule has 0 saturated heterocycles. The number of hydrogen-bond donors (Lipinski definition) is 2. The van der Waals surface area contributed by atoms with Crippen molar-refractivity contribution in [1.82, 2.24) is 0 Å². The van der Waals surface area contributed by atoms with Crippen LogP contribution in [0.5, 0.6) is 0 Å². The van der Waals surface area contributed by atoms with E-state index >= 15 is 0 Å². The number of hydrazone groups is 1. The summed E-state index contributed by atoms with van der Waals surface area (Å²) in [6, 6.07) is 5.62. The Bertz CT molecular complexity index is 1360. The predicted molar refractivity (Wildman–Crippen MR) is 114 cm³/mol. The van der Waals surface area contributed by atoms with Gasteiger partial charge in [-0.05, 0) is 43.3 Å². The fourth-order valence-corrected chi connectivity index (χ4v) is 4.36.